The fraction of sp³-hybridized carbons (Fsp3) is 0.346. The van der Waals surface area contributed by atoms with Gasteiger partial charge in [-0.05, 0) is 57.6 Å². The Morgan fingerprint density at radius 3 is 2.78 bits per heavy atom. The number of benzene rings is 2. The first-order chi connectivity index (χ1) is 17.7. The molecule has 2 amide bonds. The average molecular weight is 576 g/mol. The van der Waals surface area contributed by atoms with Crippen LogP contribution in [0.3, 0.4) is 0 Å². The van der Waals surface area contributed by atoms with Crippen molar-refractivity contribution in [2.75, 3.05) is 19.6 Å². The third-order valence-corrected chi connectivity index (χ3v) is 7.86. The lowest BCUT2D eigenvalue weighted by atomic mass is 9.74. The highest BCUT2D eigenvalue weighted by Gasteiger charge is 2.53. The number of halogens is 3. The molecule has 3 heterocycles. The van der Waals surface area contributed by atoms with Crippen LogP contribution in [0.1, 0.15) is 41.6 Å². The number of aromatic nitrogens is 1. The first-order valence-corrected chi connectivity index (χ1v) is 12.6. The minimum atomic E-state index is -1.10. The van der Waals surface area contributed by atoms with Crippen LogP contribution in [0.2, 0.25) is 0 Å². The predicted octanol–water partition coefficient (Wildman–Crippen LogP) is 4.95. The maximum atomic E-state index is 14.3. The fourth-order valence-electron chi connectivity index (χ4n) is 5.30. The molecule has 11 heteroatoms. The lowest BCUT2D eigenvalue weighted by Gasteiger charge is -2.44. The number of carbonyl (C=O) groups is 2. The van der Waals surface area contributed by atoms with Gasteiger partial charge in [-0.25, -0.2) is 13.6 Å². The number of likely N-dealkylation sites (tertiary alicyclic amines) is 1. The molecule has 1 aromatic heterocycles. The van der Waals surface area contributed by atoms with Crippen molar-refractivity contribution in [1.29, 1.82) is 0 Å². The third kappa shape index (κ3) is 4.50. The summed E-state index contributed by atoms with van der Waals surface area (Å²) in [5, 5.41) is 16.8. The summed E-state index contributed by atoms with van der Waals surface area (Å²) in [6.07, 6.45) is -0.296. The van der Waals surface area contributed by atoms with Crippen molar-refractivity contribution in [3.05, 3.63) is 74.9 Å². The number of nitrogens with zero attached hydrogens (tertiary/aromatic N) is 2. The summed E-state index contributed by atoms with van der Waals surface area (Å²) in [7, 11) is 0. The van der Waals surface area contributed by atoms with Crippen LogP contribution in [0.15, 0.2) is 45.4 Å². The van der Waals surface area contributed by atoms with E-state index in [1.165, 1.54) is 11.8 Å². The Morgan fingerprint density at radius 1 is 1.27 bits per heavy atom. The molecule has 3 aromatic rings. The molecule has 8 nitrogen and oxygen atoms in total. The summed E-state index contributed by atoms with van der Waals surface area (Å²) in [4.78, 5) is 24.4. The molecule has 5 rings (SSSR count). The molecule has 0 saturated carbocycles. The Morgan fingerprint density at radius 2 is 2.03 bits per heavy atom. The van der Waals surface area contributed by atoms with Crippen LogP contribution in [0, 0.1) is 11.6 Å². The lowest BCUT2D eigenvalue weighted by Crippen LogP contribution is -2.50. The van der Waals surface area contributed by atoms with Crippen LogP contribution >= 0.6 is 15.9 Å². The lowest BCUT2D eigenvalue weighted by molar-refractivity contribution is -0.118. The maximum absolute atomic E-state index is 14.3. The van der Waals surface area contributed by atoms with Gasteiger partial charge in [-0.2, -0.15) is 0 Å². The molecule has 0 radical (unpaired) electrons. The average Bonchev–Trinajstić information content (AvgIpc) is 3.40. The van der Waals surface area contributed by atoms with Crippen molar-refractivity contribution in [1.82, 2.24) is 15.4 Å². The minimum Gasteiger partial charge on any atom is -0.465 e. The minimum absolute atomic E-state index is 0.0303. The van der Waals surface area contributed by atoms with Gasteiger partial charge in [-0.3, -0.25) is 4.79 Å². The van der Waals surface area contributed by atoms with Crippen molar-refractivity contribution in [3.63, 3.8) is 0 Å². The van der Waals surface area contributed by atoms with E-state index in [1.54, 1.807) is 0 Å². The Hall–Kier alpha value is -3.31. The summed E-state index contributed by atoms with van der Waals surface area (Å²) in [5.74, 6) is -2.28. The van der Waals surface area contributed by atoms with Crippen LogP contribution in [-0.4, -0.2) is 46.8 Å². The molecule has 2 atom stereocenters. The second-order valence-electron chi connectivity index (χ2n) is 9.23. The first kappa shape index (κ1) is 25.3. The highest BCUT2D eigenvalue weighted by molar-refractivity contribution is 9.10. The van der Waals surface area contributed by atoms with Crippen molar-refractivity contribution >= 4 is 27.9 Å². The quantitative estimate of drug-likeness (QED) is 0.446. The molecule has 1 spiro atoms. The molecule has 1 saturated heterocycles. The summed E-state index contributed by atoms with van der Waals surface area (Å²) >= 11 is 3.62. The van der Waals surface area contributed by atoms with E-state index in [4.69, 9.17) is 9.26 Å². The molecule has 2 N–H and O–H groups in total. The highest BCUT2D eigenvalue weighted by Crippen LogP contribution is 2.53. The molecule has 0 unspecified atom stereocenters. The topological polar surface area (TPSA) is 105 Å². The third-order valence-electron chi connectivity index (χ3n) is 7.10. The summed E-state index contributed by atoms with van der Waals surface area (Å²) < 4.78 is 40.9. The van der Waals surface area contributed by atoms with E-state index in [0.29, 0.717) is 40.0 Å². The van der Waals surface area contributed by atoms with Gasteiger partial charge in [0.1, 0.15) is 11.3 Å². The normalized spacial score (nSPS) is 20.8. The monoisotopic (exact) mass is 575 g/mol. The number of nitrogens with one attached hydrogen (secondary N) is 1. The number of hydrogen-bond donors (Lipinski definition) is 2. The zero-order chi connectivity index (χ0) is 26.3. The van der Waals surface area contributed by atoms with Gasteiger partial charge in [0.05, 0.1) is 17.0 Å². The molecular weight excluding hydrogens is 552 g/mol. The van der Waals surface area contributed by atoms with Gasteiger partial charge in [-0.15, -0.1) is 0 Å². The molecule has 2 aromatic carbocycles. The molecule has 2 aliphatic rings. The predicted molar refractivity (Wildman–Crippen MR) is 132 cm³/mol. The van der Waals surface area contributed by atoms with E-state index in [-0.39, 0.29) is 32.0 Å². The Balaban J connectivity index is 1.57. The van der Waals surface area contributed by atoms with Gasteiger partial charge >= 0.3 is 6.09 Å². The van der Waals surface area contributed by atoms with Crippen molar-refractivity contribution < 1.29 is 32.7 Å². The van der Waals surface area contributed by atoms with Crippen LogP contribution in [0.4, 0.5) is 13.6 Å². The zero-order valence-corrected chi connectivity index (χ0v) is 21.5. The van der Waals surface area contributed by atoms with Crippen LogP contribution in [-0.2, 0) is 28.2 Å². The van der Waals surface area contributed by atoms with Crippen LogP contribution in [0.25, 0.3) is 11.3 Å². The van der Waals surface area contributed by atoms with E-state index >= 15 is 0 Å². The number of amides is 2. The molecule has 37 heavy (non-hydrogen) atoms. The Kier molecular flexibility index (Phi) is 6.76. The summed E-state index contributed by atoms with van der Waals surface area (Å²) in [6, 6.07) is 9.82. The van der Waals surface area contributed by atoms with Crippen LogP contribution in [0.5, 0.6) is 0 Å². The molecule has 2 aliphatic heterocycles. The molecule has 0 aliphatic carbocycles. The van der Waals surface area contributed by atoms with Gasteiger partial charge in [-0.1, -0.05) is 29.4 Å². The SMILES string of the molecule is CC(=O)NCCc1ccccc1-c1onc([C@H]2CN(C(=O)O)CC[C@@]23OCc2cc(F)c(F)cc23)c1Br. The number of carboxylic acid groups (broad SMARTS) is 1. The summed E-state index contributed by atoms with van der Waals surface area (Å²) in [6.45, 7) is 2.16. The number of rotatable bonds is 5. The number of carbonyl (C=O) groups excluding carboxylic acids is 1. The van der Waals surface area contributed by atoms with E-state index in [1.807, 2.05) is 24.3 Å². The molecular formula is C26H24BrF2N3O5. The molecule has 1 fully saturated rings. The Labute approximate surface area is 219 Å². The number of hydrogen-bond acceptors (Lipinski definition) is 5. The van der Waals surface area contributed by atoms with Gasteiger partial charge < -0.3 is 24.6 Å². The highest BCUT2D eigenvalue weighted by atomic mass is 79.9. The second-order valence-corrected chi connectivity index (χ2v) is 10.0. The van der Waals surface area contributed by atoms with Gasteiger partial charge in [0.25, 0.3) is 0 Å². The van der Waals surface area contributed by atoms with Gasteiger partial charge in [0, 0.05) is 32.1 Å². The number of fused-ring (bicyclic) bond motifs is 2. The van der Waals surface area contributed by atoms with Crippen molar-refractivity contribution in [3.8, 4) is 11.3 Å². The van der Waals surface area contributed by atoms with Gasteiger partial charge in [0.15, 0.2) is 17.4 Å². The van der Waals surface area contributed by atoms with Gasteiger partial charge in [0.2, 0.25) is 5.91 Å². The molecule has 194 valence electrons. The first-order valence-electron chi connectivity index (χ1n) is 11.8. The number of piperidine rings is 1. The Bertz CT molecular complexity index is 1380. The smallest absolute Gasteiger partial charge is 0.407 e. The summed E-state index contributed by atoms with van der Waals surface area (Å²) in [5.41, 5.74) is 2.03. The van der Waals surface area contributed by atoms with E-state index in [2.05, 4.69) is 26.4 Å². The maximum Gasteiger partial charge on any atom is 0.407 e. The molecule has 0 bridgehead atoms. The van der Waals surface area contributed by atoms with E-state index in [9.17, 15) is 23.5 Å². The van der Waals surface area contributed by atoms with Crippen molar-refractivity contribution in [2.45, 2.75) is 37.9 Å². The largest absolute Gasteiger partial charge is 0.465 e. The number of ether oxygens (including phenoxy) is 1. The van der Waals surface area contributed by atoms with E-state index in [0.717, 1.165) is 23.3 Å². The van der Waals surface area contributed by atoms with Crippen molar-refractivity contribution in [2.24, 2.45) is 0 Å². The standard InChI is InChI=1S/C26H24BrF2N3O5/c1-14(33)30-8-6-15-4-2-3-5-17(15)24-22(27)23(31-37-24)19-12-32(25(34)35)9-7-26(19)18-11-21(29)20(28)10-16(18)13-36-26/h2-5,10-11,19H,6-9,12-13H2,1H3,(H,30,33)(H,34,35)/t19-,26+/m1/s1. The second kappa shape index (κ2) is 9.86. The zero-order valence-electron chi connectivity index (χ0n) is 19.9. The fourth-order valence-corrected chi connectivity index (χ4v) is 5.94. The van der Waals surface area contributed by atoms with E-state index < -0.39 is 29.2 Å². The van der Waals surface area contributed by atoms with Crippen LogP contribution < -0.4 is 5.32 Å².